The molecule has 2 aromatic carbocycles. The van der Waals surface area contributed by atoms with Crippen LogP contribution in [0.3, 0.4) is 0 Å². The first kappa shape index (κ1) is 25.8. The van der Waals surface area contributed by atoms with E-state index in [1.54, 1.807) is 24.3 Å². The number of rotatable bonds is 13. The second-order valence-corrected chi connectivity index (χ2v) is 8.83. The van der Waals surface area contributed by atoms with Crippen LogP contribution in [0.25, 0.3) is 0 Å². The van der Waals surface area contributed by atoms with E-state index in [-0.39, 0.29) is 12.4 Å². The molecule has 1 aliphatic rings. The molecule has 1 saturated heterocycles. The normalized spacial score (nSPS) is 15.5. The van der Waals surface area contributed by atoms with Crippen molar-refractivity contribution in [2.24, 2.45) is 0 Å². The van der Waals surface area contributed by atoms with Crippen LogP contribution in [0, 0.1) is 10.1 Å². The van der Waals surface area contributed by atoms with Gasteiger partial charge in [-0.3, -0.25) is 15.0 Å². The Morgan fingerprint density at radius 1 is 1.18 bits per heavy atom. The number of benzene rings is 2. The SMILES string of the molecule is O=[N+]([O-])/C=C(\NCCCOc1cccc(CN2CCCCC2)c1)NCC(O)c1ccc(Cl)cc1. The molecule has 34 heavy (non-hydrogen) atoms. The maximum Gasteiger partial charge on any atom is 0.274 e. The second-order valence-electron chi connectivity index (χ2n) is 8.39. The third kappa shape index (κ3) is 9.21. The van der Waals surface area contributed by atoms with E-state index in [4.69, 9.17) is 16.3 Å². The van der Waals surface area contributed by atoms with Gasteiger partial charge in [0.25, 0.3) is 6.20 Å². The molecule has 9 heteroatoms. The number of halogens is 1. The van der Waals surface area contributed by atoms with Gasteiger partial charge < -0.3 is 20.5 Å². The molecule has 0 saturated carbocycles. The summed E-state index contributed by atoms with van der Waals surface area (Å²) in [6, 6.07) is 15.0. The van der Waals surface area contributed by atoms with Crippen molar-refractivity contribution in [1.29, 1.82) is 0 Å². The minimum atomic E-state index is -0.824. The Morgan fingerprint density at radius 2 is 1.94 bits per heavy atom. The topological polar surface area (TPSA) is 99.9 Å². The Morgan fingerprint density at radius 3 is 2.68 bits per heavy atom. The van der Waals surface area contributed by atoms with Gasteiger partial charge in [-0.25, -0.2) is 0 Å². The molecule has 2 aromatic rings. The van der Waals surface area contributed by atoms with Crippen LogP contribution in [0.5, 0.6) is 5.75 Å². The lowest BCUT2D eigenvalue weighted by Crippen LogP contribution is -2.31. The Balaban J connectivity index is 1.39. The summed E-state index contributed by atoms with van der Waals surface area (Å²) in [7, 11) is 0. The van der Waals surface area contributed by atoms with E-state index in [0.717, 1.165) is 31.6 Å². The average Bonchev–Trinajstić information content (AvgIpc) is 2.83. The molecule has 0 aliphatic carbocycles. The summed E-state index contributed by atoms with van der Waals surface area (Å²) in [4.78, 5) is 12.9. The van der Waals surface area contributed by atoms with E-state index < -0.39 is 11.0 Å². The van der Waals surface area contributed by atoms with Gasteiger partial charge >= 0.3 is 0 Å². The number of nitrogens with zero attached hydrogens (tertiary/aromatic N) is 2. The summed E-state index contributed by atoms with van der Waals surface area (Å²) in [6.45, 7) is 4.34. The molecule has 1 heterocycles. The number of nitro groups is 1. The molecule has 0 radical (unpaired) electrons. The number of piperidine rings is 1. The molecule has 0 amide bonds. The van der Waals surface area contributed by atoms with Crippen LogP contribution in [0.15, 0.2) is 60.6 Å². The highest BCUT2D eigenvalue weighted by Crippen LogP contribution is 2.18. The molecule has 8 nitrogen and oxygen atoms in total. The second kappa shape index (κ2) is 13.8. The van der Waals surface area contributed by atoms with Gasteiger partial charge in [-0.15, -0.1) is 0 Å². The van der Waals surface area contributed by atoms with Gasteiger partial charge in [0.2, 0.25) is 0 Å². The smallest absolute Gasteiger partial charge is 0.274 e. The molecular weight excluding hydrogens is 456 g/mol. The molecule has 3 rings (SSSR count). The van der Waals surface area contributed by atoms with Crippen LogP contribution < -0.4 is 15.4 Å². The van der Waals surface area contributed by atoms with E-state index in [1.165, 1.54) is 24.8 Å². The summed E-state index contributed by atoms with van der Waals surface area (Å²) < 4.78 is 5.88. The molecule has 1 aliphatic heterocycles. The molecule has 0 aromatic heterocycles. The zero-order valence-electron chi connectivity index (χ0n) is 19.3. The fourth-order valence-electron chi connectivity index (χ4n) is 3.86. The Hall–Kier alpha value is -2.81. The van der Waals surface area contributed by atoms with Gasteiger partial charge in [0.1, 0.15) is 5.75 Å². The molecule has 1 fully saturated rings. The summed E-state index contributed by atoms with van der Waals surface area (Å²) in [5.74, 6) is 1.07. The third-order valence-electron chi connectivity index (χ3n) is 5.63. The Labute approximate surface area is 205 Å². The highest BCUT2D eigenvalue weighted by atomic mass is 35.5. The molecular formula is C25H33ClN4O4. The van der Waals surface area contributed by atoms with E-state index in [1.807, 2.05) is 12.1 Å². The first-order valence-electron chi connectivity index (χ1n) is 11.7. The maximum atomic E-state index is 11.0. The summed E-state index contributed by atoms with van der Waals surface area (Å²) >= 11 is 5.87. The van der Waals surface area contributed by atoms with Gasteiger partial charge in [0.15, 0.2) is 5.82 Å². The van der Waals surface area contributed by atoms with Crippen molar-refractivity contribution in [3.8, 4) is 5.75 Å². The lowest BCUT2D eigenvalue weighted by Gasteiger charge is -2.26. The first-order valence-corrected chi connectivity index (χ1v) is 12.1. The fourth-order valence-corrected chi connectivity index (χ4v) is 3.99. The van der Waals surface area contributed by atoms with Gasteiger partial charge in [-0.1, -0.05) is 42.3 Å². The zero-order valence-corrected chi connectivity index (χ0v) is 20.0. The zero-order chi connectivity index (χ0) is 24.2. The van der Waals surface area contributed by atoms with Crippen molar-refractivity contribution >= 4 is 11.6 Å². The van der Waals surface area contributed by atoms with Gasteiger partial charge in [0, 0.05) is 24.7 Å². The minimum absolute atomic E-state index is 0.120. The molecule has 3 N–H and O–H groups in total. The highest BCUT2D eigenvalue weighted by molar-refractivity contribution is 6.30. The molecule has 0 spiro atoms. The lowest BCUT2D eigenvalue weighted by atomic mass is 10.1. The lowest BCUT2D eigenvalue weighted by molar-refractivity contribution is -0.404. The minimum Gasteiger partial charge on any atom is -0.494 e. The predicted molar refractivity (Wildman–Crippen MR) is 133 cm³/mol. The van der Waals surface area contributed by atoms with Crippen molar-refractivity contribution in [3.05, 3.63) is 86.8 Å². The fraction of sp³-hybridized carbons (Fsp3) is 0.440. The number of nitrogens with one attached hydrogen (secondary N) is 2. The van der Waals surface area contributed by atoms with Crippen molar-refractivity contribution in [2.75, 3.05) is 32.8 Å². The number of ether oxygens (including phenoxy) is 1. The third-order valence-corrected chi connectivity index (χ3v) is 5.89. The standard InChI is InChI=1S/C25H33ClN4O4/c26-22-10-8-21(9-11-22)24(31)17-28-25(19-30(32)33)27-12-5-15-34-23-7-4-6-20(16-23)18-29-13-2-1-3-14-29/h4,6-11,16,19,24,27-28,31H,1-3,5,12-15,17-18H2/b25-19+. The van der Waals surface area contributed by atoms with Gasteiger partial charge in [-0.05, 0) is 67.7 Å². The summed E-state index contributed by atoms with van der Waals surface area (Å²) in [5, 5.41) is 27.7. The van der Waals surface area contributed by atoms with Crippen molar-refractivity contribution in [3.63, 3.8) is 0 Å². The van der Waals surface area contributed by atoms with E-state index in [0.29, 0.717) is 30.2 Å². The van der Waals surface area contributed by atoms with E-state index in [9.17, 15) is 15.2 Å². The molecule has 1 atom stereocenters. The number of hydrogen-bond acceptors (Lipinski definition) is 7. The number of likely N-dealkylation sites (tertiary alicyclic amines) is 1. The van der Waals surface area contributed by atoms with Crippen LogP contribution in [0.4, 0.5) is 0 Å². The van der Waals surface area contributed by atoms with Crippen LogP contribution in [0.2, 0.25) is 5.02 Å². The van der Waals surface area contributed by atoms with E-state index >= 15 is 0 Å². The Kier molecular flexibility index (Phi) is 10.5. The summed E-state index contributed by atoms with van der Waals surface area (Å²) in [6.07, 6.45) is 4.56. The highest BCUT2D eigenvalue weighted by Gasteiger charge is 2.11. The molecule has 0 bridgehead atoms. The maximum absolute atomic E-state index is 11.0. The summed E-state index contributed by atoms with van der Waals surface area (Å²) in [5.41, 5.74) is 1.92. The van der Waals surface area contributed by atoms with Crippen LogP contribution in [-0.2, 0) is 6.54 Å². The largest absolute Gasteiger partial charge is 0.494 e. The molecule has 184 valence electrons. The monoisotopic (exact) mass is 488 g/mol. The predicted octanol–water partition coefficient (Wildman–Crippen LogP) is 4.08. The molecule has 1 unspecified atom stereocenters. The van der Waals surface area contributed by atoms with Gasteiger partial charge in [-0.2, -0.15) is 0 Å². The first-order chi connectivity index (χ1) is 16.5. The number of aliphatic hydroxyl groups excluding tert-OH is 1. The van der Waals surface area contributed by atoms with Crippen molar-refractivity contribution in [1.82, 2.24) is 15.5 Å². The van der Waals surface area contributed by atoms with Crippen molar-refractivity contribution < 1.29 is 14.8 Å². The van der Waals surface area contributed by atoms with Crippen molar-refractivity contribution in [2.45, 2.75) is 38.3 Å². The van der Waals surface area contributed by atoms with E-state index in [2.05, 4.69) is 27.7 Å². The Bertz CT molecular complexity index is 933. The van der Waals surface area contributed by atoms with Gasteiger partial charge in [0.05, 0.1) is 17.6 Å². The number of hydrogen-bond donors (Lipinski definition) is 3. The average molecular weight is 489 g/mol. The van der Waals surface area contributed by atoms with Crippen LogP contribution in [-0.4, -0.2) is 47.7 Å². The van der Waals surface area contributed by atoms with Crippen LogP contribution in [0.1, 0.15) is 42.9 Å². The quantitative estimate of drug-likeness (QED) is 0.222. The number of aliphatic hydroxyl groups is 1. The van der Waals surface area contributed by atoms with Crippen LogP contribution >= 0.6 is 11.6 Å².